The van der Waals surface area contributed by atoms with E-state index >= 15 is 0 Å². The first-order valence-corrected chi connectivity index (χ1v) is 10.1. The molecule has 10 heteroatoms. The Morgan fingerprint density at radius 1 is 1.14 bits per heavy atom. The van der Waals surface area contributed by atoms with Crippen molar-refractivity contribution < 1.29 is 4.79 Å². The molecular weight excluding hydrogens is 431 g/mol. The normalized spacial score (nSPS) is 11.0. The number of hydrogen-bond acceptors (Lipinski definition) is 6. The highest BCUT2D eigenvalue weighted by atomic mass is 35.5. The van der Waals surface area contributed by atoms with Crippen molar-refractivity contribution >= 4 is 57.5 Å². The number of hydrogen-bond donors (Lipinski definition) is 1. The number of anilines is 1. The number of para-hydroxylation sites is 1. The van der Waals surface area contributed by atoms with Gasteiger partial charge in [-0.3, -0.25) is 9.78 Å². The Labute approximate surface area is 180 Å². The number of aromatic nitrogens is 5. The second-order valence-electron chi connectivity index (χ2n) is 6.20. The molecule has 4 rings (SSSR count). The van der Waals surface area contributed by atoms with Crippen LogP contribution in [0.25, 0.3) is 10.9 Å². The van der Waals surface area contributed by atoms with Crippen LogP contribution in [0, 0.1) is 6.92 Å². The summed E-state index contributed by atoms with van der Waals surface area (Å²) in [6.07, 6.45) is 0. The van der Waals surface area contributed by atoms with Crippen molar-refractivity contribution in [3.8, 4) is 0 Å². The predicted octanol–water partition coefficient (Wildman–Crippen LogP) is 4.78. The fraction of sp³-hybridized carbons (Fsp3) is 0.105. The molecule has 0 aliphatic heterocycles. The first-order valence-electron chi connectivity index (χ1n) is 8.50. The highest BCUT2D eigenvalue weighted by Gasteiger charge is 2.17. The Balaban J connectivity index is 1.76. The molecule has 2 heterocycles. The number of pyridine rings is 1. The van der Waals surface area contributed by atoms with E-state index in [1.54, 1.807) is 36.0 Å². The number of amides is 1. The van der Waals surface area contributed by atoms with E-state index in [2.05, 4.69) is 25.8 Å². The van der Waals surface area contributed by atoms with E-state index in [0.717, 1.165) is 16.0 Å². The van der Waals surface area contributed by atoms with Crippen molar-refractivity contribution in [1.82, 2.24) is 25.2 Å². The van der Waals surface area contributed by atoms with Gasteiger partial charge in [0, 0.05) is 23.0 Å². The van der Waals surface area contributed by atoms with Crippen LogP contribution in [0.3, 0.4) is 0 Å². The van der Waals surface area contributed by atoms with Crippen LogP contribution in [0.2, 0.25) is 10.0 Å². The lowest BCUT2D eigenvalue weighted by Gasteiger charge is -2.13. The molecule has 1 N–H and O–H groups in total. The Kier molecular flexibility index (Phi) is 5.40. The van der Waals surface area contributed by atoms with Crippen molar-refractivity contribution in [2.75, 3.05) is 5.32 Å². The van der Waals surface area contributed by atoms with Crippen molar-refractivity contribution in [2.45, 2.75) is 17.0 Å². The van der Waals surface area contributed by atoms with Gasteiger partial charge in [0.25, 0.3) is 5.91 Å². The van der Waals surface area contributed by atoms with Gasteiger partial charge in [-0.25, -0.2) is 4.68 Å². The summed E-state index contributed by atoms with van der Waals surface area (Å²) in [5.41, 5.74) is 2.24. The van der Waals surface area contributed by atoms with Crippen LogP contribution in [-0.2, 0) is 7.05 Å². The molecule has 29 heavy (non-hydrogen) atoms. The van der Waals surface area contributed by atoms with Gasteiger partial charge in [-0.2, -0.15) is 0 Å². The zero-order chi connectivity index (χ0) is 20.5. The molecule has 0 fully saturated rings. The first kappa shape index (κ1) is 19.6. The number of nitrogens with one attached hydrogen (secondary N) is 1. The highest BCUT2D eigenvalue weighted by Crippen LogP contribution is 2.35. The van der Waals surface area contributed by atoms with E-state index in [-0.39, 0.29) is 15.6 Å². The van der Waals surface area contributed by atoms with Crippen molar-refractivity contribution in [2.24, 2.45) is 7.05 Å². The molecule has 0 radical (unpaired) electrons. The molecule has 7 nitrogen and oxygen atoms in total. The molecule has 0 saturated carbocycles. The van der Waals surface area contributed by atoms with Crippen molar-refractivity contribution in [3.05, 3.63) is 63.8 Å². The first-order chi connectivity index (χ1) is 13.9. The molecule has 1 amide bonds. The predicted molar refractivity (Wildman–Crippen MR) is 114 cm³/mol. The summed E-state index contributed by atoms with van der Waals surface area (Å²) >= 11 is 13.8. The molecule has 0 unspecified atom stereocenters. The van der Waals surface area contributed by atoms with Crippen molar-refractivity contribution in [3.63, 3.8) is 0 Å². The Hall–Kier alpha value is -2.68. The quantitative estimate of drug-likeness (QED) is 0.487. The van der Waals surface area contributed by atoms with Crippen LogP contribution in [0.15, 0.2) is 52.5 Å². The van der Waals surface area contributed by atoms with Gasteiger partial charge in [-0.1, -0.05) is 41.4 Å². The lowest BCUT2D eigenvalue weighted by molar-refractivity contribution is 0.102. The van der Waals surface area contributed by atoms with Gasteiger partial charge >= 0.3 is 0 Å². The molecule has 146 valence electrons. The SMILES string of the molecule is Cc1cc(Sc2nnnn2C)c2cccc(NC(=O)c3c(Cl)cccc3Cl)c2n1. The zero-order valence-corrected chi connectivity index (χ0v) is 17.7. The number of fused-ring (bicyclic) bond motifs is 1. The van der Waals surface area contributed by atoms with Gasteiger partial charge < -0.3 is 5.32 Å². The molecular formula is C19H14Cl2N6OS. The third-order valence-corrected chi connectivity index (χ3v) is 5.87. The Morgan fingerprint density at radius 3 is 2.55 bits per heavy atom. The monoisotopic (exact) mass is 444 g/mol. The van der Waals surface area contributed by atoms with E-state index in [9.17, 15) is 4.79 Å². The number of carbonyl (C=O) groups is 1. The second kappa shape index (κ2) is 7.98. The molecule has 0 aliphatic carbocycles. The van der Waals surface area contributed by atoms with E-state index in [4.69, 9.17) is 23.2 Å². The van der Waals surface area contributed by atoms with Crippen LogP contribution < -0.4 is 5.32 Å². The smallest absolute Gasteiger partial charge is 0.258 e. The Bertz CT molecular complexity index is 1220. The summed E-state index contributed by atoms with van der Waals surface area (Å²) in [6, 6.07) is 12.5. The topological polar surface area (TPSA) is 85.6 Å². The molecule has 0 aliphatic rings. The number of carbonyl (C=O) groups excluding carboxylic acids is 1. The maximum Gasteiger partial charge on any atom is 0.258 e. The average molecular weight is 445 g/mol. The van der Waals surface area contributed by atoms with Gasteiger partial charge in [-0.05, 0) is 53.4 Å². The number of nitrogens with zero attached hydrogens (tertiary/aromatic N) is 5. The minimum Gasteiger partial charge on any atom is -0.320 e. The van der Waals surface area contributed by atoms with Gasteiger partial charge in [0.1, 0.15) is 0 Å². The summed E-state index contributed by atoms with van der Waals surface area (Å²) in [7, 11) is 1.78. The maximum absolute atomic E-state index is 12.8. The van der Waals surface area contributed by atoms with Gasteiger partial charge in [0.05, 0.1) is 26.8 Å². The maximum atomic E-state index is 12.8. The summed E-state index contributed by atoms with van der Waals surface area (Å²) in [4.78, 5) is 18.4. The van der Waals surface area contributed by atoms with Gasteiger partial charge in [0.15, 0.2) is 0 Å². The molecule has 0 bridgehead atoms. The van der Waals surface area contributed by atoms with Gasteiger partial charge in [0.2, 0.25) is 5.16 Å². The molecule has 2 aromatic carbocycles. The third kappa shape index (κ3) is 3.91. The number of benzene rings is 2. The van der Waals surface area contributed by atoms with E-state index in [0.29, 0.717) is 16.4 Å². The second-order valence-corrected chi connectivity index (χ2v) is 8.02. The Morgan fingerprint density at radius 2 is 1.86 bits per heavy atom. The van der Waals surface area contributed by atoms with Crippen LogP contribution in [0.1, 0.15) is 16.1 Å². The molecule has 2 aromatic heterocycles. The van der Waals surface area contributed by atoms with Crippen LogP contribution in [0.4, 0.5) is 5.69 Å². The van der Waals surface area contributed by atoms with E-state index in [1.165, 1.54) is 11.8 Å². The van der Waals surface area contributed by atoms with Crippen LogP contribution in [0.5, 0.6) is 0 Å². The fourth-order valence-corrected chi connectivity index (χ4v) is 4.35. The fourth-order valence-electron chi connectivity index (χ4n) is 2.83. The lowest BCUT2D eigenvalue weighted by atomic mass is 10.1. The number of rotatable bonds is 4. The minimum atomic E-state index is -0.400. The lowest BCUT2D eigenvalue weighted by Crippen LogP contribution is -2.13. The molecule has 0 saturated heterocycles. The molecule has 4 aromatic rings. The molecule has 0 atom stereocenters. The van der Waals surface area contributed by atoms with Crippen LogP contribution in [-0.4, -0.2) is 31.1 Å². The summed E-state index contributed by atoms with van der Waals surface area (Å²) in [5, 5.41) is 16.5. The number of halogens is 2. The standard InChI is InChI=1S/C19H14Cl2N6OS/c1-10-9-15(29-19-24-25-26-27(19)2)11-5-3-8-14(17(11)22-10)23-18(28)16-12(20)6-4-7-13(16)21/h3-9H,1-2H3,(H,23,28). The van der Waals surface area contributed by atoms with Gasteiger partial charge in [-0.15, -0.1) is 5.10 Å². The average Bonchev–Trinajstić information content (AvgIpc) is 3.07. The number of tetrazole rings is 1. The van der Waals surface area contributed by atoms with Crippen molar-refractivity contribution in [1.29, 1.82) is 0 Å². The minimum absolute atomic E-state index is 0.222. The summed E-state index contributed by atoms with van der Waals surface area (Å²) < 4.78 is 1.59. The molecule has 0 spiro atoms. The van der Waals surface area contributed by atoms with E-state index < -0.39 is 5.91 Å². The third-order valence-electron chi connectivity index (χ3n) is 4.15. The van der Waals surface area contributed by atoms with E-state index in [1.807, 2.05) is 25.1 Å². The summed E-state index contributed by atoms with van der Waals surface area (Å²) in [5.74, 6) is -0.400. The zero-order valence-electron chi connectivity index (χ0n) is 15.3. The largest absolute Gasteiger partial charge is 0.320 e. The highest BCUT2D eigenvalue weighted by molar-refractivity contribution is 7.99. The summed E-state index contributed by atoms with van der Waals surface area (Å²) in [6.45, 7) is 1.89. The number of aryl methyl sites for hydroxylation is 2. The van der Waals surface area contributed by atoms with Crippen LogP contribution >= 0.6 is 35.0 Å².